The van der Waals surface area contributed by atoms with Crippen molar-refractivity contribution in [3.05, 3.63) is 40.0 Å². The predicted octanol–water partition coefficient (Wildman–Crippen LogP) is 3.55. The van der Waals surface area contributed by atoms with Gasteiger partial charge in [0, 0.05) is 6.20 Å². The van der Waals surface area contributed by atoms with Crippen molar-refractivity contribution in [3.63, 3.8) is 0 Å². The Bertz CT molecular complexity index is 372. The molecule has 2 N–H and O–H groups in total. The van der Waals surface area contributed by atoms with Crippen LogP contribution in [0.2, 0.25) is 10.0 Å². The number of halogens is 2. The van der Waals surface area contributed by atoms with Crippen LogP contribution >= 0.6 is 23.2 Å². The first-order valence-corrected chi connectivity index (χ1v) is 4.78. The zero-order valence-corrected chi connectivity index (χ0v) is 9.15. The van der Waals surface area contributed by atoms with Gasteiger partial charge in [-0.1, -0.05) is 29.3 Å². The van der Waals surface area contributed by atoms with Crippen LogP contribution in [-0.2, 0) is 0 Å². The first kappa shape index (κ1) is 11.1. The fraction of sp³-hybridized carbons (Fsp3) is 0.100. The van der Waals surface area contributed by atoms with Gasteiger partial charge in [-0.25, -0.2) is 0 Å². The Hall–Kier alpha value is -0.990. The van der Waals surface area contributed by atoms with Crippen LogP contribution in [-0.4, -0.2) is 5.84 Å². The molecular formula is C10H10Cl2N2. The van der Waals surface area contributed by atoms with Crippen LogP contribution in [0.3, 0.4) is 0 Å². The molecule has 1 aromatic rings. The number of hydrogen-bond acceptors (Lipinski definition) is 1. The van der Waals surface area contributed by atoms with E-state index in [0.717, 1.165) is 5.56 Å². The summed E-state index contributed by atoms with van der Waals surface area (Å²) in [7, 11) is 0. The molecule has 4 heteroatoms. The van der Waals surface area contributed by atoms with Crippen LogP contribution in [0.5, 0.6) is 0 Å². The molecule has 0 fully saturated rings. The van der Waals surface area contributed by atoms with Crippen molar-refractivity contribution in [1.82, 2.24) is 5.32 Å². The third-order valence-electron chi connectivity index (χ3n) is 1.52. The van der Waals surface area contributed by atoms with Crippen molar-refractivity contribution >= 4 is 35.1 Å². The topological polar surface area (TPSA) is 35.9 Å². The molecule has 14 heavy (non-hydrogen) atoms. The minimum atomic E-state index is 0.390. The van der Waals surface area contributed by atoms with E-state index in [-0.39, 0.29) is 0 Å². The van der Waals surface area contributed by atoms with Gasteiger partial charge in [0.1, 0.15) is 0 Å². The van der Waals surface area contributed by atoms with Gasteiger partial charge in [-0.2, -0.15) is 0 Å². The quantitative estimate of drug-likeness (QED) is 0.590. The summed E-state index contributed by atoms with van der Waals surface area (Å²) < 4.78 is 0. The second-order valence-electron chi connectivity index (χ2n) is 2.78. The number of amidine groups is 1. The zero-order valence-electron chi connectivity index (χ0n) is 7.64. The van der Waals surface area contributed by atoms with Crippen LogP contribution in [0.15, 0.2) is 24.4 Å². The van der Waals surface area contributed by atoms with E-state index in [1.165, 1.54) is 0 Å². The largest absolute Gasteiger partial charge is 0.351 e. The van der Waals surface area contributed by atoms with Crippen LogP contribution in [0.1, 0.15) is 12.5 Å². The molecule has 0 saturated carbocycles. The lowest BCUT2D eigenvalue weighted by molar-refractivity contribution is 1.22. The number of rotatable bonds is 2. The molecule has 0 unspecified atom stereocenters. The van der Waals surface area contributed by atoms with Gasteiger partial charge >= 0.3 is 0 Å². The smallest absolute Gasteiger partial charge is 0.0939 e. The highest BCUT2D eigenvalue weighted by molar-refractivity contribution is 6.42. The second kappa shape index (κ2) is 5.03. The molecule has 0 radical (unpaired) electrons. The Labute approximate surface area is 93.0 Å². The van der Waals surface area contributed by atoms with E-state index in [1.807, 2.05) is 12.1 Å². The van der Waals surface area contributed by atoms with Gasteiger partial charge in [-0.15, -0.1) is 0 Å². The lowest BCUT2D eigenvalue weighted by Crippen LogP contribution is -2.10. The van der Waals surface area contributed by atoms with E-state index >= 15 is 0 Å². The average Bonchev–Trinajstić information content (AvgIpc) is 2.10. The fourth-order valence-corrected chi connectivity index (χ4v) is 1.19. The van der Waals surface area contributed by atoms with Crippen LogP contribution in [0.4, 0.5) is 0 Å². The molecule has 0 aliphatic rings. The molecule has 1 aromatic carbocycles. The van der Waals surface area contributed by atoms with Gasteiger partial charge in [0.25, 0.3) is 0 Å². The molecule has 0 bridgehead atoms. The van der Waals surface area contributed by atoms with E-state index in [2.05, 4.69) is 5.32 Å². The molecule has 2 nitrogen and oxygen atoms in total. The van der Waals surface area contributed by atoms with Crippen LogP contribution < -0.4 is 5.32 Å². The van der Waals surface area contributed by atoms with Crippen molar-refractivity contribution in [2.45, 2.75) is 6.92 Å². The average molecular weight is 229 g/mol. The van der Waals surface area contributed by atoms with Crippen molar-refractivity contribution < 1.29 is 0 Å². The van der Waals surface area contributed by atoms with E-state index < -0.39 is 0 Å². The number of nitrogens with one attached hydrogen (secondary N) is 2. The first-order valence-electron chi connectivity index (χ1n) is 4.03. The van der Waals surface area contributed by atoms with Crippen molar-refractivity contribution in [2.75, 3.05) is 0 Å². The van der Waals surface area contributed by atoms with Crippen LogP contribution in [0, 0.1) is 5.41 Å². The van der Waals surface area contributed by atoms with Crippen molar-refractivity contribution in [2.24, 2.45) is 0 Å². The molecule has 0 amide bonds. The SMILES string of the molecule is CC(=N)N/C=C/c1ccc(Cl)c(Cl)c1. The van der Waals surface area contributed by atoms with Crippen molar-refractivity contribution in [1.29, 1.82) is 5.41 Å². The summed E-state index contributed by atoms with van der Waals surface area (Å²) in [5.41, 5.74) is 0.938. The fourth-order valence-electron chi connectivity index (χ4n) is 0.879. The molecule has 0 aromatic heterocycles. The van der Waals surface area contributed by atoms with E-state index in [0.29, 0.717) is 15.9 Å². The standard InChI is InChI=1S/C10H10Cl2N2/c1-7(13)14-5-4-8-2-3-9(11)10(12)6-8/h2-6H,1H3,(H2,13,14)/b5-4+. The highest BCUT2D eigenvalue weighted by Crippen LogP contribution is 2.22. The number of hydrogen-bond donors (Lipinski definition) is 2. The Morgan fingerprint density at radius 2 is 2.07 bits per heavy atom. The van der Waals surface area contributed by atoms with Gasteiger partial charge in [0.15, 0.2) is 0 Å². The highest BCUT2D eigenvalue weighted by atomic mass is 35.5. The highest BCUT2D eigenvalue weighted by Gasteiger charge is 1.95. The molecule has 74 valence electrons. The lowest BCUT2D eigenvalue weighted by atomic mass is 10.2. The molecule has 0 aliphatic carbocycles. The zero-order chi connectivity index (χ0) is 10.6. The summed E-state index contributed by atoms with van der Waals surface area (Å²) in [5.74, 6) is 0.390. The van der Waals surface area contributed by atoms with Gasteiger partial charge in [-0.05, 0) is 30.7 Å². The predicted molar refractivity (Wildman–Crippen MR) is 62.0 cm³/mol. The van der Waals surface area contributed by atoms with Gasteiger partial charge in [0.2, 0.25) is 0 Å². The molecule has 1 rings (SSSR count). The van der Waals surface area contributed by atoms with E-state index in [1.54, 1.807) is 25.3 Å². The maximum atomic E-state index is 7.13. The summed E-state index contributed by atoms with van der Waals surface area (Å²) in [5, 5.41) is 11.0. The summed E-state index contributed by atoms with van der Waals surface area (Å²) >= 11 is 11.6. The minimum Gasteiger partial charge on any atom is -0.351 e. The maximum Gasteiger partial charge on any atom is 0.0939 e. The lowest BCUT2D eigenvalue weighted by Gasteiger charge is -1.98. The Morgan fingerprint density at radius 1 is 1.36 bits per heavy atom. The van der Waals surface area contributed by atoms with Gasteiger partial charge in [-0.3, -0.25) is 5.41 Å². The molecule has 0 spiro atoms. The Morgan fingerprint density at radius 3 is 2.64 bits per heavy atom. The van der Waals surface area contributed by atoms with Crippen molar-refractivity contribution in [3.8, 4) is 0 Å². The molecule has 0 aliphatic heterocycles. The molecule has 0 saturated heterocycles. The van der Waals surface area contributed by atoms with Crippen LogP contribution in [0.25, 0.3) is 6.08 Å². The molecular weight excluding hydrogens is 219 g/mol. The van der Waals surface area contributed by atoms with E-state index in [4.69, 9.17) is 28.6 Å². The summed E-state index contributed by atoms with van der Waals surface area (Å²) in [4.78, 5) is 0. The third kappa shape index (κ3) is 3.40. The summed E-state index contributed by atoms with van der Waals surface area (Å²) in [6.07, 6.45) is 3.50. The summed E-state index contributed by atoms with van der Waals surface area (Å²) in [6.45, 7) is 1.67. The molecule has 0 atom stereocenters. The normalized spacial score (nSPS) is 10.5. The van der Waals surface area contributed by atoms with Gasteiger partial charge < -0.3 is 5.32 Å². The second-order valence-corrected chi connectivity index (χ2v) is 3.59. The molecule has 0 heterocycles. The monoisotopic (exact) mass is 228 g/mol. The summed E-state index contributed by atoms with van der Waals surface area (Å²) in [6, 6.07) is 5.36. The minimum absolute atomic E-state index is 0.390. The maximum absolute atomic E-state index is 7.13. The Kier molecular flexibility index (Phi) is 3.98. The number of benzene rings is 1. The Balaban J connectivity index is 2.73. The third-order valence-corrected chi connectivity index (χ3v) is 2.26. The first-order chi connectivity index (χ1) is 6.59. The van der Waals surface area contributed by atoms with Gasteiger partial charge in [0.05, 0.1) is 15.9 Å². The van der Waals surface area contributed by atoms with E-state index in [9.17, 15) is 0 Å².